The van der Waals surface area contributed by atoms with Gasteiger partial charge in [-0.05, 0) is 79.0 Å². The first-order valence-electron chi connectivity index (χ1n) is 13.5. The molecule has 4 aromatic heterocycles. The molecule has 0 radical (unpaired) electrons. The van der Waals surface area contributed by atoms with Crippen LogP contribution >= 0.6 is 22.7 Å². The van der Waals surface area contributed by atoms with Gasteiger partial charge in [0.2, 0.25) is 0 Å². The van der Waals surface area contributed by atoms with Crippen LogP contribution in [0.15, 0.2) is 53.3 Å². The summed E-state index contributed by atoms with van der Waals surface area (Å²) in [6.07, 6.45) is 13.2. The molecule has 7 nitrogen and oxygen atoms in total. The Bertz CT molecular complexity index is 1710. The maximum absolute atomic E-state index is 11.1. The highest BCUT2D eigenvalue weighted by Crippen LogP contribution is 2.43. The predicted octanol–water partition coefficient (Wildman–Crippen LogP) is 8.45. The molecule has 0 aliphatic heterocycles. The number of aromatic nitrogens is 4. The predicted molar refractivity (Wildman–Crippen MR) is 160 cm³/mol. The van der Waals surface area contributed by atoms with E-state index in [0.717, 1.165) is 77.0 Å². The largest absolute Gasteiger partial charge is 0.481 e. The number of nitrogens with one attached hydrogen (secondary N) is 3. The number of benzene rings is 1. The number of aliphatic carboxylic acids is 1. The van der Waals surface area contributed by atoms with Gasteiger partial charge in [0.1, 0.15) is 5.52 Å². The smallest absolute Gasteiger partial charge is 0.303 e. The third-order valence-electron chi connectivity index (χ3n) is 8.08. The summed E-state index contributed by atoms with van der Waals surface area (Å²) in [7, 11) is 0. The topological polar surface area (TPSA) is 107 Å². The van der Waals surface area contributed by atoms with Crippen LogP contribution in [0.3, 0.4) is 0 Å². The summed E-state index contributed by atoms with van der Waals surface area (Å²) in [5.41, 5.74) is 9.07. The molecule has 2 aliphatic carbocycles. The molecule has 0 amide bonds. The SMILES string of the molecule is O=C(O)CC1CCC(c2csc3c(-c4ccc(Nc5n[nH]c6c(C7=CCCC=C7)csc56)cc4)[nH]nc23)CC1. The summed E-state index contributed by atoms with van der Waals surface area (Å²) in [6, 6.07) is 8.41. The first kappa shape index (κ1) is 24.4. The van der Waals surface area contributed by atoms with Gasteiger partial charge in [-0.25, -0.2) is 0 Å². The van der Waals surface area contributed by atoms with E-state index in [4.69, 9.17) is 10.2 Å². The molecule has 0 bridgehead atoms. The van der Waals surface area contributed by atoms with Crippen LogP contribution in [0.2, 0.25) is 0 Å². The van der Waals surface area contributed by atoms with Gasteiger partial charge in [0.15, 0.2) is 5.82 Å². The van der Waals surface area contributed by atoms with E-state index in [0.29, 0.717) is 18.3 Å². The summed E-state index contributed by atoms with van der Waals surface area (Å²) < 4.78 is 2.32. The van der Waals surface area contributed by atoms with Gasteiger partial charge in [-0.15, -0.1) is 22.7 Å². The minimum atomic E-state index is -0.682. The molecule has 1 aromatic carbocycles. The monoisotopic (exact) mass is 555 g/mol. The van der Waals surface area contributed by atoms with E-state index in [-0.39, 0.29) is 0 Å². The number of aromatic amines is 2. The molecule has 7 rings (SSSR count). The zero-order valence-corrected chi connectivity index (χ0v) is 23.0. The van der Waals surface area contributed by atoms with Gasteiger partial charge in [0, 0.05) is 28.6 Å². The van der Waals surface area contributed by atoms with Crippen molar-refractivity contribution in [1.29, 1.82) is 0 Å². The zero-order chi connectivity index (χ0) is 26.3. The van der Waals surface area contributed by atoms with Gasteiger partial charge in [0.05, 0.1) is 20.6 Å². The molecule has 0 saturated heterocycles. The van der Waals surface area contributed by atoms with Crippen molar-refractivity contribution in [2.75, 3.05) is 5.32 Å². The van der Waals surface area contributed by atoms with E-state index in [9.17, 15) is 4.79 Å². The van der Waals surface area contributed by atoms with Crippen LogP contribution in [0.4, 0.5) is 11.5 Å². The van der Waals surface area contributed by atoms with E-state index >= 15 is 0 Å². The number of nitrogens with zero attached hydrogens (tertiary/aromatic N) is 2. The summed E-state index contributed by atoms with van der Waals surface area (Å²) in [5, 5.41) is 32.9. The Morgan fingerprint density at radius 2 is 1.82 bits per heavy atom. The van der Waals surface area contributed by atoms with Gasteiger partial charge < -0.3 is 10.4 Å². The van der Waals surface area contributed by atoms with Gasteiger partial charge in [0.25, 0.3) is 0 Å². The molecule has 1 fully saturated rings. The van der Waals surface area contributed by atoms with Gasteiger partial charge in [-0.3, -0.25) is 15.0 Å². The Morgan fingerprint density at radius 3 is 2.59 bits per heavy atom. The second kappa shape index (κ2) is 10.1. The number of hydrogen-bond donors (Lipinski definition) is 4. The van der Waals surface area contributed by atoms with Crippen LogP contribution in [0.1, 0.15) is 62.0 Å². The van der Waals surface area contributed by atoms with Crippen LogP contribution in [0, 0.1) is 5.92 Å². The van der Waals surface area contributed by atoms with E-state index in [2.05, 4.69) is 73.9 Å². The van der Waals surface area contributed by atoms with E-state index in [1.807, 2.05) is 0 Å². The standard InChI is InChI=1S/C30H29N5O2S2/c36-24(37)14-17-6-8-19(9-7-17)23-15-38-28-25(32-33-26(23)28)20-10-12-21(13-11-20)31-30-29-27(34-35-30)22(16-39-29)18-4-2-1-3-5-18/h2,4-5,10-13,15-17,19H,1,3,6-9,14H2,(H,32,33)(H,36,37)(H2,31,34,35). The minimum absolute atomic E-state index is 0.290. The molecule has 0 atom stereocenters. The molecule has 1 saturated carbocycles. The number of carboxylic acids is 1. The first-order valence-corrected chi connectivity index (χ1v) is 15.3. The highest BCUT2D eigenvalue weighted by molar-refractivity contribution is 7.18. The molecule has 4 N–H and O–H groups in total. The number of rotatable bonds is 7. The number of carboxylic acid groups (broad SMARTS) is 1. The molecular formula is C30H29N5O2S2. The van der Waals surface area contributed by atoms with Crippen LogP contribution in [-0.2, 0) is 4.79 Å². The number of thiophene rings is 2. The van der Waals surface area contributed by atoms with Crippen molar-refractivity contribution in [2.45, 2.75) is 50.9 Å². The van der Waals surface area contributed by atoms with Crippen molar-refractivity contribution in [2.24, 2.45) is 5.92 Å². The molecule has 2 aliphatic rings. The van der Waals surface area contributed by atoms with Crippen molar-refractivity contribution in [3.63, 3.8) is 0 Å². The van der Waals surface area contributed by atoms with Crippen LogP contribution in [-0.4, -0.2) is 31.5 Å². The van der Waals surface area contributed by atoms with E-state index < -0.39 is 5.97 Å². The molecule has 9 heteroatoms. The second-order valence-electron chi connectivity index (χ2n) is 10.6. The molecule has 4 heterocycles. The first-order chi connectivity index (χ1) is 19.1. The number of anilines is 2. The summed E-state index contributed by atoms with van der Waals surface area (Å²) in [4.78, 5) is 11.1. The third kappa shape index (κ3) is 4.59. The maximum atomic E-state index is 11.1. The Kier molecular flexibility index (Phi) is 6.33. The molecular weight excluding hydrogens is 526 g/mol. The summed E-state index contributed by atoms with van der Waals surface area (Å²) in [6.45, 7) is 0. The molecule has 198 valence electrons. The molecule has 39 heavy (non-hydrogen) atoms. The van der Waals surface area contributed by atoms with E-state index in [1.54, 1.807) is 22.7 Å². The van der Waals surface area contributed by atoms with Crippen LogP contribution in [0.25, 0.3) is 37.3 Å². The van der Waals surface area contributed by atoms with Crippen LogP contribution in [0.5, 0.6) is 0 Å². The van der Waals surface area contributed by atoms with Gasteiger partial charge in [-0.2, -0.15) is 10.2 Å². The summed E-state index contributed by atoms with van der Waals surface area (Å²) >= 11 is 3.46. The number of allylic oxidation sites excluding steroid dienone is 4. The van der Waals surface area contributed by atoms with Crippen LogP contribution < -0.4 is 5.32 Å². The fourth-order valence-electron chi connectivity index (χ4n) is 6.00. The molecule has 5 aromatic rings. The highest BCUT2D eigenvalue weighted by atomic mass is 32.1. The maximum Gasteiger partial charge on any atom is 0.303 e. The lowest BCUT2D eigenvalue weighted by molar-refractivity contribution is -0.138. The van der Waals surface area contributed by atoms with E-state index in [1.165, 1.54) is 21.4 Å². The second-order valence-corrected chi connectivity index (χ2v) is 12.3. The van der Waals surface area contributed by atoms with Crippen molar-refractivity contribution in [3.05, 3.63) is 64.4 Å². The number of carbonyl (C=O) groups is 1. The van der Waals surface area contributed by atoms with Crippen molar-refractivity contribution < 1.29 is 9.90 Å². The zero-order valence-electron chi connectivity index (χ0n) is 21.4. The van der Waals surface area contributed by atoms with Crippen molar-refractivity contribution in [3.8, 4) is 11.3 Å². The number of H-pyrrole nitrogens is 2. The number of hydrogen-bond acceptors (Lipinski definition) is 6. The Morgan fingerprint density at radius 1 is 1.00 bits per heavy atom. The Hall–Kier alpha value is -3.69. The number of fused-ring (bicyclic) bond motifs is 2. The fraction of sp³-hybridized carbons (Fsp3) is 0.300. The molecule has 0 unspecified atom stereocenters. The van der Waals surface area contributed by atoms with Crippen molar-refractivity contribution in [1.82, 2.24) is 20.4 Å². The summed E-state index contributed by atoms with van der Waals surface area (Å²) in [5.74, 6) is 0.929. The lowest BCUT2D eigenvalue weighted by atomic mass is 9.78. The lowest BCUT2D eigenvalue weighted by Gasteiger charge is -2.27. The van der Waals surface area contributed by atoms with Gasteiger partial charge >= 0.3 is 5.97 Å². The Balaban J connectivity index is 1.07. The lowest BCUT2D eigenvalue weighted by Crippen LogP contribution is -2.16. The average Bonchev–Trinajstić information content (AvgIpc) is 3.73. The Labute approximate surface area is 233 Å². The molecule has 0 spiro atoms. The normalized spacial score (nSPS) is 19.5. The highest BCUT2D eigenvalue weighted by Gasteiger charge is 2.27. The minimum Gasteiger partial charge on any atom is -0.481 e. The van der Waals surface area contributed by atoms with Crippen molar-refractivity contribution >= 4 is 66.2 Å². The van der Waals surface area contributed by atoms with Gasteiger partial charge in [-0.1, -0.05) is 30.4 Å². The fourth-order valence-corrected chi connectivity index (χ4v) is 8.08. The quantitative estimate of drug-likeness (QED) is 0.161. The average molecular weight is 556 g/mol. The third-order valence-corrected chi connectivity index (χ3v) is 10.1.